The van der Waals surface area contributed by atoms with E-state index in [-0.39, 0.29) is 5.41 Å². The Kier molecular flexibility index (Phi) is 6.14. The molecular formula is C49H38N2. The molecular weight excluding hydrogens is 617 g/mol. The van der Waals surface area contributed by atoms with E-state index in [9.17, 15) is 0 Å². The third-order valence-electron chi connectivity index (χ3n) is 12.4. The molecule has 0 radical (unpaired) electrons. The van der Waals surface area contributed by atoms with E-state index in [2.05, 4.69) is 192 Å². The number of fused-ring (bicyclic) bond motifs is 9. The monoisotopic (exact) mass is 654 g/mol. The number of rotatable bonds is 4. The van der Waals surface area contributed by atoms with Gasteiger partial charge >= 0.3 is 0 Å². The minimum absolute atomic E-state index is 0.104. The fraction of sp³-hybridized carbons (Fsp3) is 0.143. The first-order chi connectivity index (χ1) is 25.2. The number of para-hydroxylation sites is 2. The number of benzene rings is 6. The van der Waals surface area contributed by atoms with Crippen LogP contribution in [0.5, 0.6) is 0 Å². The summed E-state index contributed by atoms with van der Waals surface area (Å²) in [5, 5.41) is 5.04. The molecule has 4 unspecified atom stereocenters. The summed E-state index contributed by atoms with van der Waals surface area (Å²) < 4.78 is 2.44. The third kappa shape index (κ3) is 4.17. The van der Waals surface area contributed by atoms with Crippen molar-refractivity contribution in [2.24, 2.45) is 17.3 Å². The van der Waals surface area contributed by atoms with Crippen molar-refractivity contribution in [2.45, 2.75) is 25.2 Å². The fourth-order valence-corrected chi connectivity index (χ4v) is 10.3. The van der Waals surface area contributed by atoms with Crippen molar-refractivity contribution in [3.05, 3.63) is 193 Å². The molecule has 0 spiro atoms. The lowest BCUT2D eigenvalue weighted by atomic mass is 9.54. The summed E-state index contributed by atoms with van der Waals surface area (Å²) in [6, 6.07) is 49.5. The van der Waals surface area contributed by atoms with Crippen molar-refractivity contribution in [3.8, 4) is 5.69 Å². The van der Waals surface area contributed by atoms with Crippen LogP contribution in [0, 0.1) is 17.3 Å². The van der Waals surface area contributed by atoms with Gasteiger partial charge in [0.1, 0.15) is 0 Å². The van der Waals surface area contributed by atoms with Crippen LogP contribution in [0.2, 0.25) is 0 Å². The molecule has 2 nitrogen and oxygen atoms in total. The van der Waals surface area contributed by atoms with Gasteiger partial charge in [0.15, 0.2) is 0 Å². The van der Waals surface area contributed by atoms with E-state index >= 15 is 0 Å². The molecule has 0 N–H and O–H groups in total. The molecule has 1 saturated carbocycles. The van der Waals surface area contributed by atoms with Crippen LogP contribution < -0.4 is 4.90 Å². The maximum Gasteiger partial charge on any atom is 0.0542 e. The zero-order valence-corrected chi connectivity index (χ0v) is 28.7. The zero-order chi connectivity index (χ0) is 33.7. The third-order valence-corrected chi connectivity index (χ3v) is 12.4. The van der Waals surface area contributed by atoms with E-state index in [1.54, 1.807) is 5.57 Å². The number of anilines is 3. The van der Waals surface area contributed by atoms with Crippen molar-refractivity contribution in [3.63, 3.8) is 0 Å². The van der Waals surface area contributed by atoms with Gasteiger partial charge in [0.2, 0.25) is 0 Å². The second-order valence-corrected chi connectivity index (χ2v) is 15.2. The molecule has 51 heavy (non-hydrogen) atoms. The lowest BCUT2D eigenvalue weighted by molar-refractivity contribution is 0.180. The first kappa shape index (κ1) is 28.9. The average Bonchev–Trinajstić information content (AvgIpc) is 3.69. The van der Waals surface area contributed by atoms with Crippen molar-refractivity contribution < 1.29 is 0 Å². The second kappa shape index (κ2) is 10.8. The van der Waals surface area contributed by atoms with E-state index < -0.39 is 0 Å². The van der Waals surface area contributed by atoms with Gasteiger partial charge in [0.05, 0.1) is 11.0 Å². The van der Waals surface area contributed by atoms with Crippen LogP contribution in [0.4, 0.5) is 17.1 Å². The molecule has 1 aromatic heterocycles. The van der Waals surface area contributed by atoms with Gasteiger partial charge in [-0.15, -0.1) is 0 Å². The highest BCUT2D eigenvalue weighted by Crippen LogP contribution is 2.66. The summed E-state index contributed by atoms with van der Waals surface area (Å²) in [4.78, 5) is 2.54. The van der Waals surface area contributed by atoms with Gasteiger partial charge in [-0.05, 0) is 100 Å². The van der Waals surface area contributed by atoms with Gasteiger partial charge in [-0.1, -0.05) is 134 Å². The molecule has 4 aliphatic carbocycles. The Bertz CT molecular complexity index is 2670. The first-order valence-corrected chi connectivity index (χ1v) is 18.4. The summed E-state index contributed by atoms with van der Waals surface area (Å²) in [6.07, 6.45) is 17.9. The topological polar surface area (TPSA) is 8.17 Å². The molecule has 0 aliphatic heterocycles. The molecule has 11 rings (SSSR count). The SMILES string of the molecule is C[C@]12C=CC=CC1C1c3c(cccc3N(c3ccccc3)c3ccc4c(c3)c3ccccc3n4-c3ccc4ccccc4c3)C3C=CC=C(C2)C31. The average molecular weight is 655 g/mol. The van der Waals surface area contributed by atoms with Gasteiger partial charge in [-0.2, -0.15) is 0 Å². The maximum absolute atomic E-state index is 2.54. The molecule has 2 heteroatoms. The van der Waals surface area contributed by atoms with Gasteiger partial charge in [0, 0.05) is 45.4 Å². The highest BCUT2D eigenvalue weighted by Gasteiger charge is 2.55. The van der Waals surface area contributed by atoms with Crippen LogP contribution >= 0.6 is 0 Å². The zero-order valence-electron chi connectivity index (χ0n) is 28.7. The first-order valence-electron chi connectivity index (χ1n) is 18.4. The van der Waals surface area contributed by atoms with Crippen molar-refractivity contribution in [1.82, 2.24) is 4.57 Å². The molecule has 244 valence electrons. The number of aromatic nitrogens is 1. The Morgan fingerprint density at radius 2 is 1.45 bits per heavy atom. The van der Waals surface area contributed by atoms with E-state index in [4.69, 9.17) is 0 Å². The minimum Gasteiger partial charge on any atom is -0.310 e. The lowest BCUT2D eigenvalue weighted by Crippen LogP contribution is -2.40. The fourth-order valence-electron chi connectivity index (χ4n) is 10.3. The predicted molar refractivity (Wildman–Crippen MR) is 214 cm³/mol. The van der Waals surface area contributed by atoms with Crippen LogP contribution in [0.3, 0.4) is 0 Å². The summed E-state index contributed by atoms with van der Waals surface area (Å²) >= 11 is 0. The van der Waals surface area contributed by atoms with Gasteiger partial charge in [-0.3, -0.25) is 0 Å². The Morgan fingerprint density at radius 1 is 0.627 bits per heavy atom. The predicted octanol–water partition coefficient (Wildman–Crippen LogP) is 12.9. The Morgan fingerprint density at radius 3 is 2.37 bits per heavy atom. The van der Waals surface area contributed by atoms with Gasteiger partial charge < -0.3 is 9.47 Å². The van der Waals surface area contributed by atoms with E-state index in [1.165, 1.54) is 66.5 Å². The summed E-state index contributed by atoms with van der Waals surface area (Å²) in [7, 11) is 0. The summed E-state index contributed by atoms with van der Waals surface area (Å²) in [6.45, 7) is 2.48. The molecule has 5 atom stereocenters. The van der Waals surface area contributed by atoms with Crippen LogP contribution in [0.15, 0.2) is 182 Å². The van der Waals surface area contributed by atoms with E-state index in [0.717, 1.165) is 6.42 Å². The Balaban J connectivity index is 1.14. The Labute approximate surface area is 299 Å². The van der Waals surface area contributed by atoms with Crippen molar-refractivity contribution >= 4 is 49.6 Å². The Hall–Kier alpha value is -5.86. The number of hydrogen-bond donors (Lipinski definition) is 0. The molecule has 0 bridgehead atoms. The van der Waals surface area contributed by atoms with Gasteiger partial charge in [0.25, 0.3) is 0 Å². The van der Waals surface area contributed by atoms with Gasteiger partial charge in [-0.25, -0.2) is 0 Å². The summed E-state index contributed by atoms with van der Waals surface area (Å²) in [5.41, 5.74) is 12.0. The molecule has 4 aliphatic rings. The largest absolute Gasteiger partial charge is 0.310 e. The standard InChI is InChI=1S/C49H38N2/c1-49-28-10-9-21-42(49)48-46-34(31-49)15-11-19-39(46)40-20-12-23-45(47(40)48)50(35-16-3-2-4-17-35)37-26-27-44-41(30-37)38-18-7-8-22-43(38)51(44)36-25-24-32-13-5-6-14-33(32)29-36/h2-30,39,42,46,48H,31H2,1H3/t39?,42?,46?,48?,49-/m1/s1. The molecule has 1 fully saturated rings. The van der Waals surface area contributed by atoms with Crippen molar-refractivity contribution in [2.75, 3.05) is 4.90 Å². The highest BCUT2D eigenvalue weighted by molar-refractivity contribution is 6.11. The molecule has 1 heterocycles. The number of hydrogen-bond acceptors (Lipinski definition) is 1. The minimum atomic E-state index is 0.104. The van der Waals surface area contributed by atoms with Crippen LogP contribution in [-0.4, -0.2) is 4.57 Å². The smallest absolute Gasteiger partial charge is 0.0542 e. The molecule has 0 amide bonds. The quantitative estimate of drug-likeness (QED) is 0.183. The number of allylic oxidation sites excluding steroid dienone is 8. The van der Waals surface area contributed by atoms with Crippen molar-refractivity contribution in [1.29, 1.82) is 0 Å². The van der Waals surface area contributed by atoms with Crippen LogP contribution in [0.1, 0.15) is 36.3 Å². The van der Waals surface area contributed by atoms with Crippen LogP contribution in [-0.2, 0) is 0 Å². The normalized spacial score (nSPS) is 24.1. The molecule has 0 saturated heterocycles. The molecule has 7 aromatic rings. The highest BCUT2D eigenvalue weighted by atomic mass is 15.1. The number of nitrogens with zero attached hydrogens (tertiary/aromatic N) is 2. The van der Waals surface area contributed by atoms with Crippen LogP contribution in [0.25, 0.3) is 38.3 Å². The second-order valence-electron chi connectivity index (χ2n) is 15.2. The maximum atomic E-state index is 2.54. The van der Waals surface area contributed by atoms with E-state index in [1.807, 2.05) is 0 Å². The van der Waals surface area contributed by atoms with E-state index in [0.29, 0.717) is 23.7 Å². The summed E-state index contributed by atoms with van der Waals surface area (Å²) in [5.74, 6) is 1.76. The lowest BCUT2D eigenvalue weighted by Gasteiger charge is -2.49. The molecule has 6 aromatic carbocycles.